The molecule has 3 aromatic rings. The number of alkyl halides is 3. The van der Waals surface area contributed by atoms with Gasteiger partial charge in [0.1, 0.15) is 17.7 Å². The number of likely N-dealkylation sites (tertiary alicyclic amines) is 1. The van der Waals surface area contributed by atoms with E-state index < -0.39 is 53.0 Å². The van der Waals surface area contributed by atoms with Crippen LogP contribution in [-0.4, -0.2) is 63.4 Å². The molecule has 4 rings (SSSR count). The lowest BCUT2D eigenvalue weighted by molar-refractivity contribution is -0.175. The third-order valence-electron chi connectivity index (χ3n) is 6.88. The number of carbonyl (C=O) groups is 3. The molecular weight excluding hydrogens is 537 g/mol. The van der Waals surface area contributed by atoms with Gasteiger partial charge in [-0.05, 0) is 41.7 Å². The van der Waals surface area contributed by atoms with E-state index in [2.05, 4.69) is 10.3 Å². The molecule has 0 spiro atoms. The summed E-state index contributed by atoms with van der Waals surface area (Å²) in [6.07, 6.45) is -0.256. The molecule has 1 saturated heterocycles. The minimum Gasteiger partial charge on any atom is -0.349 e. The van der Waals surface area contributed by atoms with Crippen LogP contribution in [0.2, 0.25) is 0 Å². The van der Waals surface area contributed by atoms with Gasteiger partial charge in [-0.15, -0.1) is 0 Å². The molecule has 0 radical (unpaired) electrons. The molecule has 1 fully saturated rings. The minimum absolute atomic E-state index is 0.105. The lowest BCUT2D eigenvalue weighted by Gasteiger charge is -2.41. The van der Waals surface area contributed by atoms with E-state index in [-0.39, 0.29) is 31.0 Å². The van der Waals surface area contributed by atoms with Crippen molar-refractivity contribution in [2.24, 2.45) is 5.41 Å². The summed E-state index contributed by atoms with van der Waals surface area (Å²) in [5.41, 5.74) is -0.0253. The van der Waals surface area contributed by atoms with E-state index in [0.717, 1.165) is 12.1 Å². The Morgan fingerprint density at radius 3 is 2.38 bits per heavy atom. The number of aromatic nitrogens is 2. The van der Waals surface area contributed by atoms with E-state index in [9.17, 15) is 36.3 Å². The van der Waals surface area contributed by atoms with Crippen molar-refractivity contribution in [3.05, 3.63) is 71.8 Å². The molecule has 8 nitrogen and oxygen atoms in total. The molecule has 0 saturated carbocycles. The number of halogens is 5. The molecule has 40 heavy (non-hydrogen) atoms. The number of benzene rings is 1. The van der Waals surface area contributed by atoms with Crippen LogP contribution in [0.5, 0.6) is 0 Å². The van der Waals surface area contributed by atoms with Crippen LogP contribution < -0.4 is 10.6 Å². The van der Waals surface area contributed by atoms with Crippen LogP contribution in [0, 0.1) is 17.0 Å². The van der Waals surface area contributed by atoms with Crippen LogP contribution in [0.3, 0.4) is 0 Å². The molecule has 0 unspecified atom stereocenters. The van der Waals surface area contributed by atoms with Crippen LogP contribution in [0.25, 0.3) is 5.52 Å². The van der Waals surface area contributed by atoms with Gasteiger partial charge in [0.25, 0.3) is 5.91 Å². The largest absolute Gasteiger partial charge is 0.471 e. The van der Waals surface area contributed by atoms with Crippen LogP contribution in [0.15, 0.2) is 49.1 Å². The molecule has 2 aromatic heterocycles. The highest BCUT2D eigenvalue weighted by Gasteiger charge is 2.44. The predicted molar refractivity (Wildman–Crippen MR) is 134 cm³/mol. The molecular formula is C27H28F5N5O3. The van der Waals surface area contributed by atoms with E-state index in [0.29, 0.717) is 17.1 Å². The molecule has 0 aliphatic carbocycles. The van der Waals surface area contributed by atoms with Crippen molar-refractivity contribution in [3.8, 4) is 0 Å². The summed E-state index contributed by atoms with van der Waals surface area (Å²) in [5.74, 6) is -5.94. The van der Waals surface area contributed by atoms with Crippen LogP contribution in [0.1, 0.15) is 49.0 Å². The topological polar surface area (TPSA) is 95.8 Å². The normalized spacial score (nSPS) is 18.9. The fraction of sp³-hybridized carbons (Fsp3) is 0.407. The first-order valence-electron chi connectivity index (χ1n) is 12.5. The SMILES string of the molecule is CC(C)(C)[C@@H](NC(=O)C(F)(F)F)C(=O)N[C@@H]1CN(C(=O)c2cccn3cncc23)CC[C@H]1c1cc(F)cc(F)c1. The van der Waals surface area contributed by atoms with Gasteiger partial charge in [0, 0.05) is 31.3 Å². The Morgan fingerprint density at radius 1 is 1.07 bits per heavy atom. The quantitative estimate of drug-likeness (QED) is 0.460. The lowest BCUT2D eigenvalue weighted by Crippen LogP contribution is -2.60. The molecule has 1 aromatic carbocycles. The Labute approximate surface area is 226 Å². The third kappa shape index (κ3) is 6.23. The molecule has 3 atom stereocenters. The second-order valence-corrected chi connectivity index (χ2v) is 10.8. The number of pyridine rings is 1. The van der Waals surface area contributed by atoms with Crippen LogP contribution in [-0.2, 0) is 9.59 Å². The van der Waals surface area contributed by atoms with Crippen molar-refractivity contribution in [3.63, 3.8) is 0 Å². The van der Waals surface area contributed by atoms with E-state index in [4.69, 9.17) is 0 Å². The first-order valence-corrected chi connectivity index (χ1v) is 12.5. The molecule has 1 aliphatic heterocycles. The Bertz CT molecular complexity index is 1410. The fourth-order valence-corrected chi connectivity index (χ4v) is 4.93. The van der Waals surface area contributed by atoms with Gasteiger partial charge < -0.3 is 19.9 Å². The van der Waals surface area contributed by atoms with E-state index >= 15 is 0 Å². The Balaban J connectivity index is 1.65. The van der Waals surface area contributed by atoms with Gasteiger partial charge in [-0.2, -0.15) is 13.2 Å². The Morgan fingerprint density at radius 2 is 1.75 bits per heavy atom. The number of imidazole rings is 1. The number of nitrogens with zero attached hydrogens (tertiary/aromatic N) is 3. The van der Waals surface area contributed by atoms with Gasteiger partial charge in [0.05, 0.1) is 29.6 Å². The summed E-state index contributed by atoms with van der Waals surface area (Å²) in [5, 5.41) is 4.41. The molecule has 1 aliphatic rings. The number of hydrogen-bond acceptors (Lipinski definition) is 4. The van der Waals surface area contributed by atoms with Crippen LogP contribution in [0.4, 0.5) is 22.0 Å². The van der Waals surface area contributed by atoms with Crippen molar-refractivity contribution in [1.29, 1.82) is 0 Å². The fourth-order valence-electron chi connectivity index (χ4n) is 4.93. The Hall–Kier alpha value is -4.03. The summed E-state index contributed by atoms with van der Waals surface area (Å²) in [6, 6.07) is 3.67. The first-order chi connectivity index (χ1) is 18.6. The Kier molecular flexibility index (Phi) is 7.86. The predicted octanol–water partition coefficient (Wildman–Crippen LogP) is 3.82. The number of amides is 3. The number of nitrogens with one attached hydrogen (secondary N) is 2. The van der Waals surface area contributed by atoms with E-state index in [1.54, 1.807) is 28.0 Å². The molecule has 0 bridgehead atoms. The average molecular weight is 566 g/mol. The number of fused-ring (bicyclic) bond motifs is 1. The standard InChI is InChI=1S/C27H28F5N5O3/c1-26(2,3)22(35-25(40)27(30,31)32)23(38)34-20-13-36(8-6-18(20)15-9-16(28)11-17(29)10-15)24(39)19-5-4-7-37-14-33-12-21(19)37/h4-5,7,9-12,14,18,20,22H,6,8,13H2,1-3H3,(H,34,38)(H,35,40)/t18-,20+,22-/m0/s1. The second-order valence-electron chi connectivity index (χ2n) is 10.8. The molecule has 214 valence electrons. The number of piperidine rings is 1. The van der Waals surface area contributed by atoms with Crippen molar-refractivity contribution in [2.45, 2.75) is 51.4 Å². The van der Waals surface area contributed by atoms with Gasteiger partial charge in [0.15, 0.2) is 0 Å². The number of carbonyl (C=O) groups excluding carboxylic acids is 3. The van der Waals surface area contributed by atoms with Gasteiger partial charge in [-0.25, -0.2) is 13.8 Å². The minimum atomic E-state index is -5.21. The third-order valence-corrected chi connectivity index (χ3v) is 6.88. The zero-order valence-electron chi connectivity index (χ0n) is 21.9. The monoisotopic (exact) mass is 565 g/mol. The van der Waals surface area contributed by atoms with Crippen LogP contribution >= 0.6 is 0 Å². The maximum absolute atomic E-state index is 14.1. The second kappa shape index (κ2) is 10.9. The number of rotatable bonds is 5. The smallest absolute Gasteiger partial charge is 0.349 e. The van der Waals surface area contributed by atoms with Crippen molar-refractivity contribution in [1.82, 2.24) is 24.9 Å². The summed E-state index contributed by atoms with van der Waals surface area (Å²) >= 11 is 0. The highest BCUT2D eigenvalue weighted by Crippen LogP contribution is 2.32. The highest BCUT2D eigenvalue weighted by atomic mass is 19.4. The average Bonchev–Trinajstić information content (AvgIpc) is 3.34. The van der Waals surface area contributed by atoms with Crippen molar-refractivity contribution in [2.75, 3.05) is 13.1 Å². The summed E-state index contributed by atoms with van der Waals surface area (Å²) in [4.78, 5) is 44.1. The van der Waals surface area contributed by atoms with Gasteiger partial charge in [0.2, 0.25) is 5.91 Å². The number of hydrogen-bond donors (Lipinski definition) is 2. The summed E-state index contributed by atoms with van der Waals surface area (Å²) in [7, 11) is 0. The van der Waals surface area contributed by atoms with Gasteiger partial charge in [-0.1, -0.05) is 20.8 Å². The molecule has 3 amide bonds. The molecule has 13 heteroatoms. The zero-order valence-corrected chi connectivity index (χ0v) is 21.9. The lowest BCUT2D eigenvalue weighted by atomic mass is 9.83. The van der Waals surface area contributed by atoms with E-state index in [1.807, 2.05) is 0 Å². The summed E-state index contributed by atoms with van der Waals surface area (Å²) in [6.45, 7) is 4.52. The molecule has 3 heterocycles. The van der Waals surface area contributed by atoms with Crippen molar-refractivity contribution >= 4 is 23.2 Å². The summed E-state index contributed by atoms with van der Waals surface area (Å²) < 4.78 is 68.9. The van der Waals surface area contributed by atoms with E-state index in [1.165, 1.54) is 38.2 Å². The highest BCUT2D eigenvalue weighted by molar-refractivity contribution is 6.00. The molecule has 2 N–H and O–H groups in total. The maximum Gasteiger partial charge on any atom is 0.471 e. The first kappa shape index (κ1) is 29.0. The van der Waals surface area contributed by atoms with Gasteiger partial charge in [-0.3, -0.25) is 14.4 Å². The maximum atomic E-state index is 14.1. The zero-order chi connectivity index (χ0) is 29.4. The van der Waals surface area contributed by atoms with Gasteiger partial charge >= 0.3 is 12.1 Å². The van der Waals surface area contributed by atoms with Crippen molar-refractivity contribution < 1.29 is 36.3 Å².